The summed E-state index contributed by atoms with van der Waals surface area (Å²) in [7, 11) is 1.57. The van der Waals surface area contributed by atoms with E-state index in [2.05, 4.69) is 15.6 Å². The Bertz CT molecular complexity index is 900. The Morgan fingerprint density at radius 1 is 1.11 bits per heavy atom. The molecular weight excluding hydrogens is 358 g/mol. The van der Waals surface area contributed by atoms with E-state index in [0.29, 0.717) is 18.0 Å². The molecule has 2 aromatic rings. The number of nitrogens with one attached hydrogen (secondary N) is 2. The van der Waals surface area contributed by atoms with Crippen molar-refractivity contribution in [3.63, 3.8) is 0 Å². The molecule has 7 nitrogen and oxygen atoms in total. The van der Waals surface area contributed by atoms with Crippen molar-refractivity contribution in [1.29, 1.82) is 0 Å². The molecule has 1 saturated heterocycles. The van der Waals surface area contributed by atoms with Crippen LogP contribution in [0.3, 0.4) is 0 Å². The number of amides is 2. The molecular formula is C21H21N3O4. The number of benzene rings is 1. The lowest BCUT2D eigenvalue weighted by Gasteiger charge is -2.23. The van der Waals surface area contributed by atoms with Crippen molar-refractivity contribution in [3.05, 3.63) is 66.5 Å². The van der Waals surface area contributed by atoms with Crippen LogP contribution in [0.2, 0.25) is 0 Å². The third-order valence-electron chi connectivity index (χ3n) is 5.03. The molecule has 4 rings (SSSR count). The largest absolute Gasteiger partial charge is 0.497 e. The Morgan fingerprint density at radius 3 is 2.61 bits per heavy atom. The summed E-state index contributed by atoms with van der Waals surface area (Å²) in [6.45, 7) is 0.356. The summed E-state index contributed by atoms with van der Waals surface area (Å²) in [4.78, 5) is 29.8. The van der Waals surface area contributed by atoms with Gasteiger partial charge in [0.2, 0.25) is 11.8 Å². The second-order valence-corrected chi connectivity index (χ2v) is 6.80. The summed E-state index contributed by atoms with van der Waals surface area (Å²) in [6, 6.07) is 10.8. The van der Waals surface area contributed by atoms with Gasteiger partial charge < -0.3 is 20.1 Å². The van der Waals surface area contributed by atoms with Crippen LogP contribution < -0.4 is 15.4 Å². The maximum Gasteiger partial charge on any atom is 0.231 e. The molecule has 2 aliphatic rings. The topological polar surface area (TPSA) is 89.5 Å². The van der Waals surface area contributed by atoms with Gasteiger partial charge in [-0.25, -0.2) is 0 Å². The third kappa shape index (κ3) is 3.61. The third-order valence-corrected chi connectivity index (χ3v) is 5.03. The number of fused-ring (bicyclic) bond motifs is 2. The Kier molecular flexibility index (Phi) is 5.08. The number of methoxy groups -OCH3 is 1. The van der Waals surface area contributed by atoms with E-state index in [1.807, 2.05) is 24.3 Å². The van der Waals surface area contributed by atoms with Crippen molar-refractivity contribution >= 4 is 17.5 Å². The van der Waals surface area contributed by atoms with Gasteiger partial charge in [0.05, 0.1) is 31.2 Å². The fraction of sp³-hybridized carbons (Fsp3) is 0.286. The van der Waals surface area contributed by atoms with Crippen LogP contribution >= 0.6 is 0 Å². The highest BCUT2D eigenvalue weighted by Crippen LogP contribution is 2.40. The molecule has 28 heavy (non-hydrogen) atoms. The first-order valence-electron chi connectivity index (χ1n) is 9.11. The Hall–Kier alpha value is -3.19. The summed E-state index contributed by atoms with van der Waals surface area (Å²) in [6.07, 6.45) is 6.30. The molecule has 7 heteroatoms. The SMILES string of the molecule is COc1cccc(NC(=O)[C@@H]2[C@@H](C(=O)NCc3cccnc3)[C@@H]3C=C[C@H]2O3)c1. The summed E-state index contributed by atoms with van der Waals surface area (Å²) >= 11 is 0. The van der Waals surface area contributed by atoms with Crippen molar-refractivity contribution in [1.82, 2.24) is 10.3 Å². The molecule has 0 unspecified atom stereocenters. The van der Waals surface area contributed by atoms with Crippen LogP contribution in [0.25, 0.3) is 0 Å². The van der Waals surface area contributed by atoms with Gasteiger partial charge in [0.1, 0.15) is 5.75 Å². The van der Waals surface area contributed by atoms with E-state index in [1.54, 1.807) is 43.8 Å². The summed E-state index contributed by atoms with van der Waals surface area (Å²) in [5, 5.41) is 5.78. The average Bonchev–Trinajstić information content (AvgIpc) is 3.34. The lowest BCUT2D eigenvalue weighted by Crippen LogP contribution is -2.44. The number of carbonyl (C=O) groups is 2. The molecule has 2 N–H and O–H groups in total. The molecule has 1 aromatic carbocycles. The number of rotatable bonds is 6. The monoisotopic (exact) mass is 379 g/mol. The van der Waals surface area contributed by atoms with E-state index in [4.69, 9.17) is 9.47 Å². The van der Waals surface area contributed by atoms with E-state index in [1.165, 1.54) is 0 Å². The molecule has 0 radical (unpaired) electrons. The fourth-order valence-electron chi connectivity index (χ4n) is 3.67. The number of anilines is 1. The highest BCUT2D eigenvalue weighted by Gasteiger charge is 2.52. The normalized spacial score (nSPS) is 24.8. The first kappa shape index (κ1) is 18.2. The lowest BCUT2D eigenvalue weighted by molar-refractivity contribution is -0.131. The average molecular weight is 379 g/mol. The Balaban J connectivity index is 1.46. The minimum atomic E-state index is -0.588. The van der Waals surface area contributed by atoms with E-state index >= 15 is 0 Å². The minimum Gasteiger partial charge on any atom is -0.497 e. The molecule has 2 aliphatic heterocycles. The predicted octanol–water partition coefficient (Wildman–Crippen LogP) is 1.91. The first-order valence-corrected chi connectivity index (χ1v) is 9.11. The van der Waals surface area contributed by atoms with E-state index in [-0.39, 0.29) is 17.9 Å². The number of carbonyl (C=O) groups excluding carboxylic acids is 2. The molecule has 2 amide bonds. The highest BCUT2D eigenvalue weighted by molar-refractivity contribution is 5.97. The van der Waals surface area contributed by atoms with Gasteiger partial charge in [0.25, 0.3) is 0 Å². The summed E-state index contributed by atoms with van der Waals surface area (Å²) < 4.78 is 11.0. The Morgan fingerprint density at radius 2 is 1.89 bits per heavy atom. The number of aromatic nitrogens is 1. The second kappa shape index (κ2) is 7.82. The van der Waals surface area contributed by atoms with Crippen LogP contribution in [0.5, 0.6) is 5.75 Å². The van der Waals surface area contributed by atoms with Gasteiger partial charge in [0.15, 0.2) is 0 Å². The molecule has 144 valence electrons. The standard InChI is InChI=1S/C21H21N3O4/c1-27-15-6-2-5-14(10-15)24-21(26)19-17-8-7-16(28-17)18(19)20(25)23-12-13-4-3-9-22-11-13/h2-11,16-19H,12H2,1H3,(H,23,25)(H,24,26)/t16-,17+,18-,19-/m0/s1. The summed E-state index contributed by atoms with van der Waals surface area (Å²) in [5.41, 5.74) is 1.51. The Labute approximate surface area is 162 Å². The van der Waals surface area contributed by atoms with Gasteiger partial charge in [-0.3, -0.25) is 14.6 Å². The first-order chi connectivity index (χ1) is 13.7. The van der Waals surface area contributed by atoms with Crippen molar-refractivity contribution in [2.45, 2.75) is 18.8 Å². The number of nitrogens with zero attached hydrogens (tertiary/aromatic N) is 1. The quantitative estimate of drug-likeness (QED) is 0.749. The smallest absolute Gasteiger partial charge is 0.231 e. The van der Waals surface area contributed by atoms with E-state index < -0.39 is 17.9 Å². The van der Waals surface area contributed by atoms with Crippen LogP contribution in [0.15, 0.2) is 60.9 Å². The van der Waals surface area contributed by atoms with Crippen molar-refractivity contribution in [2.24, 2.45) is 11.8 Å². The molecule has 2 bridgehead atoms. The lowest BCUT2D eigenvalue weighted by atomic mass is 9.81. The number of ether oxygens (including phenoxy) is 2. The second-order valence-electron chi connectivity index (χ2n) is 6.80. The molecule has 0 aliphatic carbocycles. The molecule has 4 atom stereocenters. The predicted molar refractivity (Wildman–Crippen MR) is 102 cm³/mol. The number of hydrogen-bond donors (Lipinski definition) is 2. The van der Waals surface area contributed by atoms with Crippen molar-refractivity contribution in [2.75, 3.05) is 12.4 Å². The zero-order valence-corrected chi connectivity index (χ0v) is 15.4. The van der Waals surface area contributed by atoms with Gasteiger partial charge in [0, 0.05) is 30.7 Å². The number of hydrogen-bond acceptors (Lipinski definition) is 5. The van der Waals surface area contributed by atoms with Gasteiger partial charge in [-0.1, -0.05) is 24.3 Å². The van der Waals surface area contributed by atoms with Crippen LogP contribution in [0, 0.1) is 11.8 Å². The van der Waals surface area contributed by atoms with Crippen molar-refractivity contribution < 1.29 is 19.1 Å². The molecule has 1 aromatic heterocycles. The zero-order valence-electron chi connectivity index (χ0n) is 15.4. The van der Waals surface area contributed by atoms with Crippen molar-refractivity contribution in [3.8, 4) is 5.75 Å². The summed E-state index contributed by atoms with van der Waals surface area (Å²) in [5.74, 6) is -0.960. The van der Waals surface area contributed by atoms with Gasteiger partial charge in [-0.05, 0) is 23.8 Å². The van der Waals surface area contributed by atoms with Gasteiger partial charge in [-0.2, -0.15) is 0 Å². The zero-order chi connectivity index (χ0) is 19.5. The highest BCUT2D eigenvalue weighted by atomic mass is 16.5. The molecule has 3 heterocycles. The molecule has 0 saturated carbocycles. The van der Waals surface area contributed by atoms with Crippen LogP contribution in [-0.2, 0) is 20.9 Å². The maximum absolute atomic E-state index is 12.9. The fourth-order valence-corrected chi connectivity index (χ4v) is 3.67. The van der Waals surface area contributed by atoms with Crippen LogP contribution in [-0.4, -0.2) is 36.1 Å². The van der Waals surface area contributed by atoms with Gasteiger partial charge in [-0.15, -0.1) is 0 Å². The van der Waals surface area contributed by atoms with Crippen LogP contribution in [0.1, 0.15) is 5.56 Å². The minimum absolute atomic E-state index is 0.202. The maximum atomic E-state index is 12.9. The molecule has 1 fully saturated rings. The van der Waals surface area contributed by atoms with Crippen LogP contribution in [0.4, 0.5) is 5.69 Å². The van der Waals surface area contributed by atoms with E-state index in [0.717, 1.165) is 5.56 Å². The molecule has 0 spiro atoms. The van der Waals surface area contributed by atoms with Gasteiger partial charge >= 0.3 is 0 Å². The van der Waals surface area contributed by atoms with E-state index in [9.17, 15) is 9.59 Å². The number of pyridine rings is 1.